The zero-order chi connectivity index (χ0) is 38.2. The van der Waals surface area contributed by atoms with Gasteiger partial charge in [0.05, 0.1) is 11.2 Å². The van der Waals surface area contributed by atoms with Crippen LogP contribution in [0.2, 0.25) is 0 Å². The van der Waals surface area contributed by atoms with Crippen molar-refractivity contribution >= 4 is 72.6 Å². The SMILES string of the molecule is O=P(c1ccccc1)(c1ccccc1)c1ccc2c(c1)nc(-c1cccc(-c3ccc(N(c4ccccc4)c4ccccc4)cc3)c1)c1ccc3ccccc3c12. The van der Waals surface area contributed by atoms with E-state index in [9.17, 15) is 0 Å². The number of hydrogen-bond donors (Lipinski definition) is 0. The van der Waals surface area contributed by atoms with Gasteiger partial charge < -0.3 is 9.46 Å². The van der Waals surface area contributed by atoms with E-state index in [2.05, 4.69) is 150 Å². The first kappa shape index (κ1) is 34.4. The van der Waals surface area contributed by atoms with Crippen molar-refractivity contribution in [1.29, 1.82) is 0 Å². The smallest absolute Gasteiger partial charge is 0.171 e. The predicted molar refractivity (Wildman–Crippen MR) is 242 cm³/mol. The van der Waals surface area contributed by atoms with Gasteiger partial charge in [-0.15, -0.1) is 0 Å². The molecule has 1 heterocycles. The lowest BCUT2D eigenvalue weighted by molar-refractivity contribution is 0.592. The number of fused-ring (bicyclic) bond motifs is 5. The van der Waals surface area contributed by atoms with Crippen LogP contribution in [0.15, 0.2) is 224 Å². The highest BCUT2D eigenvalue weighted by Gasteiger charge is 2.30. The molecule has 0 aliphatic heterocycles. The fourth-order valence-corrected chi connectivity index (χ4v) is 10.8. The number of anilines is 3. The summed E-state index contributed by atoms with van der Waals surface area (Å²) in [6.45, 7) is 0. The van der Waals surface area contributed by atoms with Gasteiger partial charge >= 0.3 is 0 Å². The molecule has 0 atom stereocenters. The summed E-state index contributed by atoms with van der Waals surface area (Å²) in [5.74, 6) is 0. The fourth-order valence-electron chi connectivity index (χ4n) is 8.15. The first-order chi connectivity index (χ1) is 28.1. The maximum Gasteiger partial charge on any atom is 0.171 e. The molecule has 0 saturated carbocycles. The second-order valence-corrected chi connectivity index (χ2v) is 17.1. The predicted octanol–water partition coefficient (Wildman–Crippen LogP) is 13.0. The summed E-state index contributed by atoms with van der Waals surface area (Å²) in [5.41, 5.74) is 8.25. The normalized spacial score (nSPS) is 11.6. The minimum Gasteiger partial charge on any atom is -0.311 e. The number of nitrogens with zero attached hydrogens (tertiary/aromatic N) is 2. The monoisotopic (exact) mass is 748 g/mol. The second-order valence-electron chi connectivity index (χ2n) is 14.3. The lowest BCUT2D eigenvalue weighted by Crippen LogP contribution is -2.25. The number of hydrogen-bond acceptors (Lipinski definition) is 3. The van der Waals surface area contributed by atoms with Crippen molar-refractivity contribution in [2.24, 2.45) is 0 Å². The Labute approximate surface area is 332 Å². The highest BCUT2D eigenvalue weighted by Crippen LogP contribution is 2.44. The minimum absolute atomic E-state index is 0.763. The van der Waals surface area contributed by atoms with Crippen LogP contribution >= 0.6 is 7.14 Å². The molecule has 270 valence electrons. The molecule has 0 spiro atoms. The van der Waals surface area contributed by atoms with E-state index in [4.69, 9.17) is 4.98 Å². The molecule has 10 aromatic rings. The average Bonchev–Trinajstić information content (AvgIpc) is 3.29. The van der Waals surface area contributed by atoms with Crippen molar-refractivity contribution in [2.75, 3.05) is 4.90 Å². The van der Waals surface area contributed by atoms with Crippen molar-refractivity contribution in [2.45, 2.75) is 0 Å². The van der Waals surface area contributed by atoms with Crippen molar-refractivity contribution in [3.8, 4) is 22.4 Å². The van der Waals surface area contributed by atoms with E-state index < -0.39 is 7.14 Å². The summed E-state index contributed by atoms with van der Waals surface area (Å²) in [4.78, 5) is 7.73. The molecular formula is C53H37N2OP. The number of pyridine rings is 1. The lowest BCUT2D eigenvalue weighted by Gasteiger charge is -2.25. The van der Waals surface area contributed by atoms with Crippen molar-refractivity contribution in [3.05, 3.63) is 224 Å². The summed E-state index contributed by atoms with van der Waals surface area (Å²) in [7, 11) is -3.22. The van der Waals surface area contributed by atoms with E-state index in [0.717, 1.165) is 77.0 Å². The standard InChI is InChI=1S/C53H37N2OP/c56-57(45-23-9-3-10-24-45,46-25-11-4-12-26-46)47-33-35-49-51(37-47)54-53(50-34-30-39-16-13-14-27-48(39)52(49)50)41-18-15-17-40(36-41)38-28-31-44(32-29-38)55(42-19-5-1-6-20-42)43-21-7-2-8-22-43/h1-37H. The Morgan fingerprint density at radius 3 is 1.56 bits per heavy atom. The molecule has 0 saturated heterocycles. The van der Waals surface area contributed by atoms with E-state index in [1.807, 2.05) is 78.9 Å². The molecule has 4 heteroatoms. The van der Waals surface area contributed by atoms with E-state index in [-0.39, 0.29) is 0 Å². The first-order valence-corrected chi connectivity index (χ1v) is 20.9. The van der Waals surface area contributed by atoms with Crippen molar-refractivity contribution in [3.63, 3.8) is 0 Å². The summed E-state index contributed by atoms with van der Waals surface area (Å²) >= 11 is 0. The second kappa shape index (κ2) is 14.5. The molecule has 0 aliphatic carbocycles. The summed E-state index contributed by atoms with van der Waals surface area (Å²) in [5, 5.41) is 7.96. The Hall–Kier alpha value is -7.06. The molecule has 0 radical (unpaired) electrons. The zero-order valence-electron chi connectivity index (χ0n) is 31.1. The molecule has 0 fully saturated rings. The average molecular weight is 749 g/mol. The van der Waals surface area contributed by atoms with Gasteiger partial charge in [0, 0.05) is 54.7 Å². The van der Waals surface area contributed by atoms with Crippen LogP contribution in [0.4, 0.5) is 17.1 Å². The van der Waals surface area contributed by atoms with Crippen molar-refractivity contribution in [1.82, 2.24) is 4.98 Å². The van der Waals surface area contributed by atoms with Crippen LogP contribution in [-0.2, 0) is 4.57 Å². The van der Waals surface area contributed by atoms with E-state index >= 15 is 4.57 Å². The largest absolute Gasteiger partial charge is 0.311 e. The van der Waals surface area contributed by atoms with Gasteiger partial charge in [-0.2, -0.15) is 0 Å². The molecule has 0 bridgehead atoms. The fraction of sp³-hybridized carbons (Fsp3) is 0. The number of para-hydroxylation sites is 2. The minimum atomic E-state index is -3.22. The molecule has 57 heavy (non-hydrogen) atoms. The molecule has 1 aromatic heterocycles. The van der Waals surface area contributed by atoms with Crippen LogP contribution in [0.1, 0.15) is 0 Å². The zero-order valence-corrected chi connectivity index (χ0v) is 32.0. The number of benzene rings is 9. The van der Waals surface area contributed by atoms with Crippen LogP contribution < -0.4 is 20.8 Å². The Morgan fingerprint density at radius 1 is 0.368 bits per heavy atom. The Kier molecular flexibility index (Phi) is 8.79. The van der Waals surface area contributed by atoms with Gasteiger partial charge in [0.2, 0.25) is 0 Å². The third kappa shape index (κ3) is 6.19. The van der Waals surface area contributed by atoms with E-state index in [1.165, 1.54) is 10.8 Å². The van der Waals surface area contributed by atoms with Crippen LogP contribution in [0.3, 0.4) is 0 Å². The van der Waals surface area contributed by atoms with Crippen molar-refractivity contribution < 1.29 is 4.57 Å². The van der Waals surface area contributed by atoms with Gasteiger partial charge in [-0.25, -0.2) is 4.98 Å². The van der Waals surface area contributed by atoms with Gasteiger partial charge in [-0.3, -0.25) is 0 Å². The van der Waals surface area contributed by atoms with Gasteiger partial charge in [0.25, 0.3) is 0 Å². The van der Waals surface area contributed by atoms with Crippen LogP contribution in [0, 0.1) is 0 Å². The third-order valence-corrected chi connectivity index (χ3v) is 13.9. The third-order valence-electron chi connectivity index (χ3n) is 10.9. The van der Waals surface area contributed by atoms with Crippen LogP contribution in [0.25, 0.3) is 54.8 Å². The Balaban J connectivity index is 1.13. The maximum atomic E-state index is 15.5. The van der Waals surface area contributed by atoms with Gasteiger partial charge in [0.1, 0.15) is 0 Å². The van der Waals surface area contributed by atoms with Gasteiger partial charge in [0.15, 0.2) is 7.14 Å². The highest BCUT2D eigenvalue weighted by atomic mass is 31.2. The number of rotatable bonds is 8. The Bertz CT molecular complexity index is 3000. The molecular weight excluding hydrogens is 712 g/mol. The number of aromatic nitrogens is 1. The Morgan fingerprint density at radius 2 is 0.912 bits per heavy atom. The molecule has 0 N–H and O–H groups in total. The van der Waals surface area contributed by atoms with Crippen LogP contribution in [-0.4, -0.2) is 4.98 Å². The van der Waals surface area contributed by atoms with E-state index in [1.54, 1.807) is 0 Å². The quantitative estimate of drug-likeness (QED) is 0.115. The first-order valence-electron chi connectivity index (χ1n) is 19.2. The molecule has 3 nitrogen and oxygen atoms in total. The summed E-state index contributed by atoms with van der Waals surface area (Å²) < 4.78 is 15.5. The molecule has 0 unspecified atom stereocenters. The van der Waals surface area contributed by atoms with E-state index in [0.29, 0.717) is 0 Å². The molecule has 9 aromatic carbocycles. The summed E-state index contributed by atoms with van der Waals surface area (Å²) in [6.07, 6.45) is 0. The molecule has 10 rings (SSSR count). The van der Waals surface area contributed by atoms with Gasteiger partial charge in [-0.05, 0) is 70.4 Å². The maximum absolute atomic E-state index is 15.5. The highest BCUT2D eigenvalue weighted by molar-refractivity contribution is 7.85. The van der Waals surface area contributed by atoms with Crippen LogP contribution in [0.5, 0.6) is 0 Å². The summed E-state index contributed by atoms with van der Waals surface area (Å²) in [6, 6.07) is 77.3. The molecule has 0 aliphatic rings. The van der Waals surface area contributed by atoms with Gasteiger partial charge in [-0.1, -0.05) is 176 Å². The molecule has 0 amide bonds. The topological polar surface area (TPSA) is 33.2 Å². The lowest BCUT2D eigenvalue weighted by atomic mass is 9.94.